The molecule has 16 heavy (non-hydrogen) atoms. The summed E-state index contributed by atoms with van der Waals surface area (Å²) in [5.41, 5.74) is -1.16. The van der Waals surface area contributed by atoms with Crippen LogP contribution in [0.2, 0.25) is 0 Å². The molecule has 0 amide bonds. The monoisotopic (exact) mass is 227 g/mol. The number of benzene rings is 1. The van der Waals surface area contributed by atoms with Crippen molar-refractivity contribution in [3.8, 4) is 5.75 Å². The van der Waals surface area contributed by atoms with Crippen LogP contribution in [0.25, 0.3) is 0 Å². The molecule has 0 heterocycles. The summed E-state index contributed by atoms with van der Waals surface area (Å²) in [6.45, 7) is 3.03. The van der Waals surface area contributed by atoms with Crippen molar-refractivity contribution in [3.05, 3.63) is 33.6 Å². The zero-order chi connectivity index (χ0) is 12.3. The lowest BCUT2D eigenvalue weighted by Crippen LogP contribution is -2.07. The average molecular weight is 227 g/mol. The van der Waals surface area contributed by atoms with Gasteiger partial charge in [-0.1, -0.05) is 0 Å². The molecule has 0 bridgehead atoms. The first-order valence-corrected chi connectivity index (χ1v) is 4.59. The molecule has 0 radical (unpaired) electrons. The van der Waals surface area contributed by atoms with Crippen LogP contribution in [0.5, 0.6) is 5.75 Å². The highest BCUT2D eigenvalue weighted by Crippen LogP contribution is 2.31. The summed E-state index contributed by atoms with van der Waals surface area (Å²) in [6, 6.07) is 2.12. The fraction of sp³-hybridized carbons (Fsp3) is 0.300. The van der Waals surface area contributed by atoms with Crippen LogP contribution in [-0.2, 0) is 0 Å². The largest absolute Gasteiger partial charge is 0.493 e. The van der Waals surface area contributed by atoms with Crippen molar-refractivity contribution in [2.75, 3.05) is 6.61 Å². The van der Waals surface area contributed by atoms with Crippen molar-refractivity contribution in [3.63, 3.8) is 0 Å². The smallest absolute Gasteiger partial charge is 0.319 e. The molecule has 5 nitrogen and oxygen atoms in total. The third-order valence-corrected chi connectivity index (χ3v) is 1.92. The van der Waals surface area contributed by atoms with E-state index in [9.17, 15) is 19.3 Å². The molecular weight excluding hydrogens is 217 g/mol. The molecule has 0 aliphatic heterocycles. The SMILES string of the molecule is CCOc1ccc(F)c([N+](=O)[O-])c1C(C)=O. The van der Waals surface area contributed by atoms with Gasteiger partial charge in [0, 0.05) is 0 Å². The fourth-order valence-electron chi connectivity index (χ4n) is 1.34. The molecule has 86 valence electrons. The van der Waals surface area contributed by atoms with E-state index in [1.807, 2.05) is 0 Å². The Hall–Kier alpha value is -1.98. The topological polar surface area (TPSA) is 69.4 Å². The van der Waals surface area contributed by atoms with Gasteiger partial charge in [0.1, 0.15) is 11.3 Å². The number of ketones is 1. The minimum Gasteiger partial charge on any atom is -0.493 e. The van der Waals surface area contributed by atoms with Crippen molar-refractivity contribution >= 4 is 11.5 Å². The molecule has 6 heteroatoms. The average Bonchev–Trinajstić information content (AvgIpc) is 2.19. The van der Waals surface area contributed by atoms with Gasteiger partial charge in [-0.25, -0.2) is 0 Å². The highest BCUT2D eigenvalue weighted by Gasteiger charge is 2.27. The Labute approximate surface area is 91.0 Å². The Morgan fingerprint density at radius 2 is 2.19 bits per heavy atom. The zero-order valence-corrected chi connectivity index (χ0v) is 8.82. The Bertz CT molecular complexity index is 445. The third-order valence-electron chi connectivity index (χ3n) is 1.92. The number of carbonyl (C=O) groups excluding carboxylic acids is 1. The molecule has 0 N–H and O–H groups in total. The Morgan fingerprint density at radius 1 is 1.56 bits per heavy atom. The van der Waals surface area contributed by atoms with Crippen LogP contribution in [0.4, 0.5) is 10.1 Å². The maximum Gasteiger partial charge on any atom is 0.319 e. The van der Waals surface area contributed by atoms with Gasteiger partial charge in [0.2, 0.25) is 5.82 Å². The minimum atomic E-state index is -1.04. The standard InChI is InChI=1S/C10H10FNO4/c1-3-16-8-5-4-7(11)10(12(14)15)9(8)6(2)13/h4-5H,3H2,1-2H3. The lowest BCUT2D eigenvalue weighted by molar-refractivity contribution is -0.387. The number of Topliss-reactive ketones (excluding diaryl/α,β-unsaturated/α-hetero) is 1. The predicted molar refractivity (Wildman–Crippen MR) is 54.2 cm³/mol. The van der Waals surface area contributed by atoms with E-state index in [1.165, 1.54) is 6.07 Å². The van der Waals surface area contributed by atoms with E-state index in [0.717, 1.165) is 13.0 Å². The Kier molecular flexibility index (Phi) is 3.55. The molecule has 0 aromatic heterocycles. The highest BCUT2D eigenvalue weighted by atomic mass is 19.1. The van der Waals surface area contributed by atoms with Crippen molar-refractivity contribution in [2.24, 2.45) is 0 Å². The third kappa shape index (κ3) is 2.16. The van der Waals surface area contributed by atoms with Crippen LogP contribution in [0.1, 0.15) is 24.2 Å². The second kappa shape index (κ2) is 4.69. The fourth-order valence-corrected chi connectivity index (χ4v) is 1.34. The van der Waals surface area contributed by atoms with Gasteiger partial charge in [-0.15, -0.1) is 0 Å². The number of ether oxygens (including phenoxy) is 1. The van der Waals surface area contributed by atoms with Gasteiger partial charge in [-0.2, -0.15) is 4.39 Å². The highest BCUT2D eigenvalue weighted by molar-refractivity contribution is 6.00. The van der Waals surface area contributed by atoms with E-state index in [0.29, 0.717) is 0 Å². The van der Waals surface area contributed by atoms with E-state index in [1.54, 1.807) is 6.92 Å². The molecule has 0 spiro atoms. The Balaban J connectivity index is 3.49. The van der Waals surface area contributed by atoms with Gasteiger partial charge in [0.05, 0.1) is 11.5 Å². The first kappa shape index (κ1) is 12.1. The number of carbonyl (C=O) groups is 1. The van der Waals surface area contributed by atoms with Crippen molar-refractivity contribution in [1.29, 1.82) is 0 Å². The molecule has 1 rings (SSSR count). The summed E-state index contributed by atoms with van der Waals surface area (Å²) in [7, 11) is 0. The molecule has 0 atom stereocenters. The van der Waals surface area contributed by atoms with Crippen molar-refractivity contribution < 1.29 is 18.8 Å². The van der Waals surface area contributed by atoms with Crippen LogP contribution < -0.4 is 4.74 Å². The van der Waals surface area contributed by atoms with Crippen molar-refractivity contribution in [1.82, 2.24) is 0 Å². The molecule has 1 aromatic rings. The molecule has 0 fully saturated rings. The van der Waals surface area contributed by atoms with Crippen LogP contribution in [0.15, 0.2) is 12.1 Å². The first-order chi connectivity index (χ1) is 7.49. The number of hydrogen-bond donors (Lipinski definition) is 0. The van der Waals surface area contributed by atoms with E-state index in [-0.39, 0.29) is 17.9 Å². The number of halogens is 1. The van der Waals surface area contributed by atoms with Gasteiger partial charge in [0.15, 0.2) is 5.78 Å². The van der Waals surface area contributed by atoms with E-state index in [4.69, 9.17) is 4.74 Å². The summed E-state index contributed by atoms with van der Waals surface area (Å²) in [5.74, 6) is -1.61. The maximum atomic E-state index is 13.2. The zero-order valence-electron chi connectivity index (χ0n) is 8.82. The second-order valence-electron chi connectivity index (χ2n) is 3.02. The summed E-state index contributed by atoms with van der Waals surface area (Å²) < 4.78 is 18.3. The lowest BCUT2D eigenvalue weighted by Gasteiger charge is -2.08. The van der Waals surface area contributed by atoms with E-state index >= 15 is 0 Å². The maximum absolute atomic E-state index is 13.2. The number of rotatable bonds is 4. The van der Waals surface area contributed by atoms with Crippen molar-refractivity contribution in [2.45, 2.75) is 13.8 Å². The summed E-state index contributed by atoms with van der Waals surface area (Å²) in [5, 5.41) is 10.7. The minimum absolute atomic E-state index is 0.0306. The predicted octanol–water partition coefficient (Wildman–Crippen LogP) is 2.34. The molecule has 0 aliphatic rings. The lowest BCUT2D eigenvalue weighted by atomic mass is 10.1. The molecule has 0 saturated heterocycles. The van der Waals surface area contributed by atoms with Crippen LogP contribution >= 0.6 is 0 Å². The second-order valence-corrected chi connectivity index (χ2v) is 3.02. The first-order valence-electron chi connectivity index (χ1n) is 4.59. The number of hydrogen-bond acceptors (Lipinski definition) is 4. The van der Waals surface area contributed by atoms with E-state index in [2.05, 4.69) is 0 Å². The van der Waals surface area contributed by atoms with Gasteiger partial charge in [-0.05, 0) is 26.0 Å². The number of nitro benzene ring substituents is 1. The number of nitrogens with zero attached hydrogens (tertiary/aromatic N) is 1. The molecule has 1 aromatic carbocycles. The van der Waals surface area contributed by atoms with Gasteiger partial charge < -0.3 is 4.74 Å². The number of nitro groups is 1. The summed E-state index contributed by atoms with van der Waals surface area (Å²) in [6.07, 6.45) is 0. The Morgan fingerprint density at radius 3 is 2.62 bits per heavy atom. The van der Waals surface area contributed by atoms with Crippen LogP contribution in [0, 0.1) is 15.9 Å². The van der Waals surface area contributed by atoms with Gasteiger partial charge >= 0.3 is 5.69 Å². The molecule has 0 unspecified atom stereocenters. The molecule has 0 saturated carbocycles. The molecule has 0 aliphatic carbocycles. The quantitative estimate of drug-likeness (QED) is 0.449. The molecular formula is C10H10FNO4. The van der Waals surface area contributed by atoms with Gasteiger partial charge in [0.25, 0.3) is 0 Å². The van der Waals surface area contributed by atoms with Crippen LogP contribution in [-0.4, -0.2) is 17.3 Å². The van der Waals surface area contributed by atoms with E-state index < -0.39 is 22.2 Å². The summed E-state index contributed by atoms with van der Waals surface area (Å²) in [4.78, 5) is 21.0. The summed E-state index contributed by atoms with van der Waals surface area (Å²) >= 11 is 0. The van der Waals surface area contributed by atoms with Crippen LogP contribution in [0.3, 0.4) is 0 Å². The normalized spacial score (nSPS) is 9.94. The van der Waals surface area contributed by atoms with Gasteiger partial charge in [-0.3, -0.25) is 14.9 Å².